The van der Waals surface area contributed by atoms with Crippen LogP contribution < -0.4 is 15.4 Å². The fourth-order valence-corrected chi connectivity index (χ4v) is 5.00. The Morgan fingerprint density at radius 2 is 1.55 bits per heavy atom. The van der Waals surface area contributed by atoms with Gasteiger partial charge in [0, 0.05) is 31.9 Å². The molecule has 196 valence electrons. The van der Waals surface area contributed by atoms with Gasteiger partial charge in [-0.25, -0.2) is 4.99 Å². The molecule has 0 spiro atoms. The summed E-state index contributed by atoms with van der Waals surface area (Å²) < 4.78 is 5.43. The lowest BCUT2D eigenvalue weighted by molar-refractivity contribution is -0.124. The smallest absolute Gasteiger partial charge is 0.252 e. The summed E-state index contributed by atoms with van der Waals surface area (Å²) >= 11 is 0. The first kappa shape index (κ1) is 25.5. The number of guanidine groups is 1. The van der Waals surface area contributed by atoms with E-state index in [1.165, 1.54) is 11.1 Å². The molecule has 0 aliphatic carbocycles. The van der Waals surface area contributed by atoms with Crippen molar-refractivity contribution in [3.63, 3.8) is 0 Å². The van der Waals surface area contributed by atoms with E-state index < -0.39 is 6.04 Å². The number of carbonyl (C=O) groups excluding carboxylic acids is 2. The van der Waals surface area contributed by atoms with Gasteiger partial charge in [-0.15, -0.1) is 0 Å². The first-order chi connectivity index (χ1) is 18.6. The lowest BCUT2D eigenvalue weighted by atomic mass is 9.96. The van der Waals surface area contributed by atoms with Gasteiger partial charge in [0.25, 0.3) is 5.91 Å². The topological polar surface area (TPSA) is 86.3 Å². The third-order valence-corrected chi connectivity index (χ3v) is 6.85. The Bertz CT molecular complexity index is 1220. The Morgan fingerprint density at radius 3 is 2.13 bits per heavy atom. The summed E-state index contributed by atoms with van der Waals surface area (Å²) in [5, 5.41) is 5.73. The SMILES string of the molecule is CCOc1ccc(NC(=O)C[C@@H]2N=C(N3CCN(C(c4ccccc4)c4ccccc4)CC3)NC2=O)cc1. The average molecular weight is 512 g/mol. The predicted molar refractivity (Wildman–Crippen MR) is 148 cm³/mol. The fraction of sp³-hybridized carbons (Fsp3) is 0.300. The standard InChI is InChI=1S/C30H33N5O3/c1-2-38-25-15-13-24(14-16-25)31-27(36)21-26-29(37)33-30(32-26)35-19-17-34(18-20-35)28(22-9-5-3-6-10-22)23-11-7-4-8-12-23/h3-16,26,28H,2,17-21H2,1H3,(H,31,36)(H,32,33,37)/t26-/m0/s1. The summed E-state index contributed by atoms with van der Waals surface area (Å²) in [7, 11) is 0. The quantitative estimate of drug-likeness (QED) is 0.482. The average Bonchev–Trinajstić information content (AvgIpc) is 3.31. The summed E-state index contributed by atoms with van der Waals surface area (Å²) in [6.07, 6.45) is -0.00734. The van der Waals surface area contributed by atoms with E-state index in [1.54, 1.807) is 24.3 Å². The summed E-state index contributed by atoms with van der Waals surface area (Å²) in [6, 6.07) is 27.7. The van der Waals surface area contributed by atoms with Gasteiger partial charge in [-0.1, -0.05) is 60.7 Å². The molecule has 2 N–H and O–H groups in total. The van der Waals surface area contributed by atoms with Crippen LogP contribution in [0, 0.1) is 0 Å². The van der Waals surface area contributed by atoms with Gasteiger partial charge >= 0.3 is 0 Å². The molecule has 8 nitrogen and oxygen atoms in total. The Labute approximate surface area is 223 Å². The minimum atomic E-state index is -0.730. The van der Waals surface area contributed by atoms with Gasteiger partial charge in [0.15, 0.2) is 0 Å². The highest BCUT2D eigenvalue weighted by Crippen LogP contribution is 2.29. The lowest BCUT2D eigenvalue weighted by Gasteiger charge is -2.40. The maximum absolute atomic E-state index is 12.6. The normalized spacial score (nSPS) is 17.7. The van der Waals surface area contributed by atoms with Crippen LogP contribution >= 0.6 is 0 Å². The number of ether oxygens (including phenoxy) is 1. The zero-order valence-electron chi connectivity index (χ0n) is 21.5. The molecular weight excluding hydrogens is 478 g/mol. The van der Waals surface area contributed by atoms with Crippen molar-refractivity contribution in [3.8, 4) is 5.75 Å². The largest absolute Gasteiger partial charge is 0.494 e. The van der Waals surface area contributed by atoms with Gasteiger partial charge < -0.3 is 15.0 Å². The third-order valence-electron chi connectivity index (χ3n) is 6.85. The Balaban J connectivity index is 1.19. The summed E-state index contributed by atoms with van der Waals surface area (Å²) in [4.78, 5) is 34.4. The van der Waals surface area contributed by atoms with E-state index >= 15 is 0 Å². The Kier molecular flexibility index (Phi) is 7.99. The second kappa shape index (κ2) is 11.9. The number of amides is 2. The van der Waals surface area contributed by atoms with E-state index in [2.05, 4.69) is 74.0 Å². The molecule has 1 atom stereocenters. The molecule has 2 heterocycles. The predicted octanol–water partition coefficient (Wildman–Crippen LogP) is 3.68. The van der Waals surface area contributed by atoms with Crippen LogP contribution in [0.3, 0.4) is 0 Å². The summed E-state index contributed by atoms with van der Waals surface area (Å²) in [6.45, 7) is 5.63. The summed E-state index contributed by atoms with van der Waals surface area (Å²) in [5.74, 6) is 0.812. The van der Waals surface area contributed by atoms with Gasteiger partial charge in [0.2, 0.25) is 11.9 Å². The van der Waals surface area contributed by atoms with Gasteiger partial charge in [0.1, 0.15) is 11.8 Å². The highest BCUT2D eigenvalue weighted by atomic mass is 16.5. The Hall–Kier alpha value is -4.17. The molecule has 3 aromatic rings. The van der Waals surface area contributed by atoms with Gasteiger partial charge in [-0.2, -0.15) is 0 Å². The molecule has 2 amide bonds. The highest BCUT2D eigenvalue weighted by Gasteiger charge is 2.33. The van der Waals surface area contributed by atoms with Gasteiger partial charge in [-0.3, -0.25) is 19.8 Å². The molecule has 0 aromatic heterocycles. The van der Waals surface area contributed by atoms with Crippen molar-refractivity contribution in [2.75, 3.05) is 38.1 Å². The van der Waals surface area contributed by atoms with E-state index in [4.69, 9.17) is 4.74 Å². The van der Waals surface area contributed by atoms with Crippen molar-refractivity contribution < 1.29 is 14.3 Å². The molecular formula is C30H33N5O3. The number of hydrogen-bond donors (Lipinski definition) is 2. The zero-order valence-corrected chi connectivity index (χ0v) is 21.5. The molecule has 1 saturated heterocycles. The monoisotopic (exact) mass is 511 g/mol. The van der Waals surface area contributed by atoms with Crippen LogP contribution in [-0.2, 0) is 9.59 Å². The van der Waals surface area contributed by atoms with E-state index in [0.29, 0.717) is 18.3 Å². The number of nitrogens with one attached hydrogen (secondary N) is 2. The van der Waals surface area contributed by atoms with Crippen molar-refractivity contribution in [1.29, 1.82) is 0 Å². The van der Waals surface area contributed by atoms with Gasteiger partial charge in [-0.05, 0) is 42.3 Å². The van der Waals surface area contributed by atoms with Crippen LogP contribution in [0.2, 0.25) is 0 Å². The summed E-state index contributed by atoms with van der Waals surface area (Å²) in [5.41, 5.74) is 3.18. The second-order valence-corrected chi connectivity index (χ2v) is 9.41. The number of aliphatic imine (C=N–C) groups is 1. The number of anilines is 1. The highest BCUT2D eigenvalue weighted by molar-refractivity contribution is 6.07. The van der Waals surface area contributed by atoms with Crippen LogP contribution in [0.15, 0.2) is 89.9 Å². The number of rotatable bonds is 8. The van der Waals surface area contributed by atoms with E-state index in [-0.39, 0.29) is 24.3 Å². The molecule has 2 aliphatic heterocycles. The maximum Gasteiger partial charge on any atom is 0.252 e. The maximum atomic E-state index is 12.6. The molecule has 8 heteroatoms. The van der Waals surface area contributed by atoms with Crippen LogP contribution in [0.1, 0.15) is 30.5 Å². The van der Waals surface area contributed by atoms with Crippen LogP contribution in [0.25, 0.3) is 0 Å². The molecule has 0 saturated carbocycles. The first-order valence-corrected chi connectivity index (χ1v) is 13.1. The fourth-order valence-electron chi connectivity index (χ4n) is 5.00. The molecule has 2 aliphatic rings. The minimum Gasteiger partial charge on any atom is -0.494 e. The molecule has 3 aromatic carbocycles. The van der Waals surface area contributed by atoms with Crippen LogP contribution in [0.5, 0.6) is 5.75 Å². The lowest BCUT2D eigenvalue weighted by Crippen LogP contribution is -2.52. The number of carbonyl (C=O) groups is 2. The van der Waals surface area contributed by atoms with Crippen molar-refractivity contribution in [2.45, 2.75) is 25.4 Å². The third kappa shape index (κ3) is 6.03. The van der Waals surface area contributed by atoms with Crippen LogP contribution in [0.4, 0.5) is 5.69 Å². The molecule has 0 bridgehead atoms. The van der Waals surface area contributed by atoms with E-state index in [0.717, 1.165) is 31.9 Å². The number of piperazine rings is 1. The molecule has 0 unspecified atom stereocenters. The molecule has 0 radical (unpaired) electrons. The number of benzene rings is 3. The van der Waals surface area contributed by atoms with Gasteiger partial charge in [0.05, 0.1) is 19.1 Å². The van der Waals surface area contributed by atoms with E-state index in [1.807, 2.05) is 19.1 Å². The van der Waals surface area contributed by atoms with E-state index in [9.17, 15) is 9.59 Å². The first-order valence-electron chi connectivity index (χ1n) is 13.1. The number of nitrogens with zero attached hydrogens (tertiary/aromatic N) is 3. The van der Waals surface area contributed by atoms with Crippen molar-refractivity contribution in [1.82, 2.24) is 15.1 Å². The second-order valence-electron chi connectivity index (χ2n) is 9.41. The molecule has 38 heavy (non-hydrogen) atoms. The molecule has 5 rings (SSSR count). The Morgan fingerprint density at radius 1 is 0.947 bits per heavy atom. The van der Waals surface area contributed by atoms with Crippen molar-refractivity contribution in [2.24, 2.45) is 4.99 Å². The minimum absolute atomic E-state index is 0.00734. The van der Waals surface area contributed by atoms with Crippen LogP contribution in [-0.4, -0.2) is 66.4 Å². The van der Waals surface area contributed by atoms with Crippen molar-refractivity contribution in [3.05, 3.63) is 96.1 Å². The number of hydrogen-bond acceptors (Lipinski definition) is 6. The molecule has 1 fully saturated rings. The van der Waals surface area contributed by atoms with Crippen molar-refractivity contribution >= 4 is 23.5 Å². The zero-order chi connectivity index (χ0) is 26.3.